The lowest BCUT2D eigenvalue weighted by molar-refractivity contribution is -0.144. The van der Waals surface area contributed by atoms with E-state index in [1.165, 1.54) is 19.3 Å². The maximum absolute atomic E-state index is 12.7. The zero-order chi connectivity index (χ0) is 24.5. The van der Waals surface area contributed by atoms with Gasteiger partial charge in [0.15, 0.2) is 0 Å². The van der Waals surface area contributed by atoms with Crippen molar-refractivity contribution in [2.75, 3.05) is 19.0 Å². The normalized spacial score (nSPS) is 16.1. The number of anilines is 2. The van der Waals surface area contributed by atoms with E-state index < -0.39 is 0 Å². The lowest BCUT2D eigenvalue weighted by Crippen LogP contribution is -2.44. The second-order valence-electron chi connectivity index (χ2n) is 8.72. The largest absolute Gasteiger partial charge is 0.464 e. The average molecular weight is 525 g/mol. The number of nitrogens with zero attached hydrogens (tertiary/aromatic N) is 2. The minimum Gasteiger partial charge on any atom is -0.464 e. The van der Waals surface area contributed by atoms with Gasteiger partial charge in [0.2, 0.25) is 0 Å². The third-order valence-corrected chi connectivity index (χ3v) is 8.01. The molecule has 3 rings (SSSR count). The van der Waals surface area contributed by atoms with Gasteiger partial charge in [-0.15, -0.1) is 4.91 Å². The van der Waals surface area contributed by atoms with E-state index in [0.717, 1.165) is 36.0 Å². The van der Waals surface area contributed by atoms with Crippen LogP contribution in [0.15, 0.2) is 47.0 Å². The summed E-state index contributed by atoms with van der Waals surface area (Å²) >= 11 is 13.7. The molecule has 2 unspecified atom stereocenters. The number of hydrogen-bond acceptors (Lipinski definition) is 7. The third kappa shape index (κ3) is 7.35. The number of carbonyl (C=O) groups excluding carboxylic acids is 1. The van der Waals surface area contributed by atoms with Crippen molar-refractivity contribution in [3.05, 3.63) is 63.0 Å². The summed E-state index contributed by atoms with van der Waals surface area (Å²) in [4.78, 5) is 25.8. The summed E-state index contributed by atoms with van der Waals surface area (Å²) in [7, 11) is 1.97. The molecule has 0 aliphatic heterocycles. The highest BCUT2D eigenvalue weighted by Gasteiger charge is 2.31. The number of hydrogen-bond donors (Lipinski definition) is 1. The van der Waals surface area contributed by atoms with Gasteiger partial charge < -0.3 is 10.1 Å². The number of nitrogens with one attached hydrogen (secondary N) is 1. The molecule has 2 aromatic carbocycles. The number of likely N-dealkylation sites (N-methyl/N-ethyl adjacent to an activating group) is 1. The Bertz CT molecular complexity index is 952. The van der Waals surface area contributed by atoms with Crippen molar-refractivity contribution in [1.29, 1.82) is 0 Å². The maximum Gasteiger partial charge on any atom is 0.310 e. The Kier molecular flexibility index (Phi) is 10.5. The first-order chi connectivity index (χ1) is 16.4. The Morgan fingerprint density at radius 3 is 2.50 bits per heavy atom. The van der Waals surface area contributed by atoms with Gasteiger partial charge in [0.25, 0.3) is 0 Å². The Labute approximate surface area is 215 Å². The fraction of sp³-hybridized carbons (Fsp3) is 0.480. The zero-order valence-electron chi connectivity index (χ0n) is 19.5. The first kappa shape index (κ1) is 26.8. The molecule has 6 nitrogen and oxygen atoms in total. The second kappa shape index (κ2) is 13.3. The van der Waals surface area contributed by atoms with Crippen molar-refractivity contribution in [2.24, 2.45) is 10.5 Å². The Hall–Kier alpha value is -1.80. The van der Waals surface area contributed by atoms with Crippen LogP contribution in [0.1, 0.15) is 44.6 Å². The monoisotopic (exact) mass is 523 g/mol. The van der Waals surface area contributed by atoms with Gasteiger partial charge in [-0.25, -0.2) is 0 Å². The first-order valence-corrected chi connectivity index (χ1v) is 13.1. The molecule has 1 N–H and O–H groups in total. The van der Waals surface area contributed by atoms with E-state index in [-0.39, 0.29) is 30.4 Å². The molecule has 0 radical (unpaired) electrons. The van der Waals surface area contributed by atoms with Gasteiger partial charge in [-0.1, -0.05) is 66.7 Å². The van der Waals surface area contributed by atoms with Crippen LogP contribution in [-0.2, 0) is 16.0 Å². The highest BCUT2D eigenvalue weighted by molar-refractivity contribution is 7.98. The van der Waals surface area contributed by atoms with E-state index >= 15 is 0 Å². The van der Waals surface area contributed by atoms with Crippen molar-refractivity contribution in [2.45, 2.75) is 56.9 Å². The number of ether oxygens (including phenoxy) is 1. The molecule has 0 heterocycles. The molecule has 34 heavy (non-hydrogen) atoms. The first-order valence-electron chi connectivity index (χ1n) is 11.6. The number of esters is 1. The standard InChI is InChI=1S/C25H31Cl2N3O3S/c1-17(30(2)25(34-29-32)18-9-4-3-5-10-18)16-33-23(31)15-19-11-6-7-14-22(19)28-24-20(26)12-8-13-21(24)27/h6-8,11-14,17-18,25,28H,3-5,9-10,15-16H2,1-2H3. The highest BCUT2D eigenvalue weighted by Crippen LogP contribution is 2.36. The second-order valence-corrected chi connectivity index (χ2v) is 10.4. The summed E-state index contributed by atoms with van der Waals surface area (Å²) in [5, 5.41) is 4.23. The highest BCUT2D eigenvalue weighted by atomic mass is 35.5. The molecular weight excluding hydrogens is 493 g/mol. The van der Waals surface area contributed by atoms with E-state index in [1.807, 2.05) is 38.2 Å². The minimum atomic E-state index is -0.324. The molecule has 0 bridgehead atoms. The molecule has 2 aromatic rings. The van der Waals surface area contributed by atoms with Gasteiger partial charge in [0.1, 0.15) is 6.61 Å². The number of para-hydroxylation sites is 2. The van der Waals surface area contributed by atoms with Crippen LogP contribution >= 0.6 is 35.1 Å². The molecule has 2 atom stereocenters. The molecule has 1 aliphatic carbocycles. The van der Waals surface area contributed by atoms with Crippen molar-refractivity contribution in [3.8, 4) is 0 Å². The van der Waals surface area contributed by atoms with Crippen LogP contribution in [-0.4, -0.2) is 35.9 Å². The number of nitroso groups, excluding NO2 is 1. The Morgan fingerprint density at radius 2 is 1.82 bits per heavy atom. The molecular formula is C25H31Cl2N3O3S. The lowest BCUT2D eigenvalue weighted by atomic mass is 9.88. The average Bonchev–Trinajstić information content (AvgIpc) is 2.84. The smallest absolute Gasteiger partial charge is 0.310 e. The van der Waals surface area contributed by atoms with Gasteiger partial charge in [0, 0.05) is 28.3 Å². The van der Waals surface area contributed by atoms with E-state index in [1.54, 1.807) is 18.2 Å². The molecule has 184 valence electrons. The predicted molar refractivity (Wildman–Crippen MR) is 142 cm³/mol. The zero-order valence-corrected chi connectivity index (χ0v) is 21.8. The number of carbonyl (C=O) groups is 1. The fourth-order valence-electron chi connectivity index (χ4n) is 4.29. The van der Waals surface area contributed by atoms with Gasteiger partial charge >= 0.3 is 5.97 Å². The van der Waals surface area contributed by atoms with Crippen molar-refractivity contribution in [1.82, 2.24) is 4.90 Å². The van der Waals surface area contributed by atoms with Gasteiger partial charge in [0.05, 0.1) is 27.5 Å². The van der Waals surface area contributed by atoms with Crippen molar-refractivity contribution < 1.29 is 9.53 Å². The van der Waals surface area contributed by atoms with Crippen LogP contribution in [0, 0.1) is 10.8 Å². The minimum absolute atomic E-state index is 0.00297. The van der Waals surface area contributed by atoms with Crippen LogP contribution < -0.4 is 5.32 Å². The predicted octanol–water partition coefficient (Wildman–Crippen LogP) is 7.46. The van der Waals surface area contributed by atoms with Crippen LogP contribution in [0.2, 0.25) is 10.0 Å². The maximum atomic E-state index is 12.7. The Balaban J connectivity index is 1.59. The topological polar surface area (TPSA) is 71.0 Å². The Morgan fingerprint density at radius 1 is 1.15 bits per heavy atom. The third-order valence-electron chi connectivity index (χ3n) is 6.36. The summed E-state index contributed by atoms with van der Waals surface area (Å²) < 4.78 is 8.73. The number of halogens is 2. The fourth-order valence-corrected chi connectivity index (χ4v) is 5.67. The molecule has 0 aromatic heterocycles. The van der Waals surface area contributed by atoms with Crippen molar-refractivity contribution in [3.63, 3.8) is 0 Å². The van der Waals surface area contributed by atoms with Crippen LogP contribution in [0.4, 0.5) is 11.4 Å². The van der Waals surface area contributed by atoms with E-state index in [9.17, 15) is 9.70 Å². The SMILES string of the molecule is CC(COC(=O)Cc1ccccc1Nc1c(Cl)cccc1Cl)N(C)C(SN=O)C1CCCCC1. The molecule has 0 spiro atoms. The van der Waals surface area contributed by atoms with Crippen molar-refractivity contribution >= 4 is 52.5 Å². The van der Waals surface area contributed by atoms with Crippen LogP contribution in [0.5, 0.6) is 0 Å². The van der Waals surface area contributed by atoms with E-state index in [2.05, 4.69) is 14.8 Å². The van der Waals surface area contributed by atoms with Gasteiger partial charge in [-0.3, -0.25) is 9.69 Å². The summed E-state index contributed by atoms with van der Waals surface area (Å²) in [6, 6.07) is 12.7. The quantitative estimate of drug-likeness (QED) is 0.142. The molecule has 9 heteroatoms. The molecule has 1 aliphatic rings. The summed E-state index contributed by atoms with van der Waals surface area (Å²) in [5.41, 5.74) is 2.12. The van der Waals surface area contributed by atoms with E-state index in [0.29, 0.717) is 21.7 Å². The summed E-state index contributed by atoms with van der Waals surface area (Å²) in [6.07, 6.45) is 5.93. The van der Waals surface area contributed by atoms with Gasteiger partial charge in [-0.05, 0) is 56.5 Å². The molecule has 0 saturated heterocycles. The molecule has 1 saturated carbocycles. The number of benzene rings is 2. The number of rotatable bonds is 11. The summed E-state index contributed by atoms with van der Waals surface area (Å²) in [5.74, 6) is 0.101. The van der Waals surface area contributed by atoms with Gasteiger partial charge in [-0.2, -0.15) is 0 Å². The van der Waals surface area contributed by atoms with Crippen LogP contribution in [0.3, 0.4) is 0 Å². The lowest BCUT2D eigenvalue weighted by Gasteiger charge is -2.37. The summed E-state index contributed by atoms with van der Waals surface area (Å²) in [6.45, 7) is 2.24. The molecule has 1 fully saturated rings. The van der Waals surface area contributed by atoms with E-state index in [4.69, 9.17) is 27.9 Å². The molecule has 0 amide bonds. The van der Waals surface area contributed by atoms with Crippen LogP contribution in [0.25, 0.3) is 0 Å².